The first-order valence-electron chi connectivity index (χ1n) is 10.2. The Morgan fingerprint density at radius 2 is 1.73 bits per heavy atom. The van der Waals surface area contributed by atoms with E-state index in [1.54, 1.807) is 0 Å². The largest absolute Gasteiger partial charge is 0.350 e. The second-order valence-electron chi connectivity index (χ2n) is 7.54. The number of benzene rings is 2. The molecule has 1 amide bonds. The van der Waals surface area contributed by atoms with E-state index in [9.17, 15) is 13.2 Å². The molecule has 0 saturated carbocycles. The van der Waals surface area contributed by atoms with Gasteiger partial charge in [-0.05, 0) is 62.7 Å². The minimum Gasteiger partial charge on any atom is -0.350 e. The van der Waals surface area contributed by atoms with Gasteiger partial charge in [0.2, 0.25) is 10.0 Å². The van der Waals surface area contributed by atoms with Gasteiger partial charge in [-0.3, -0.25) is 9.69 Å². The van der Waals surface area contributed by atoms with Gasteiger partial charge in [0.25, 0.3) is 5.91 Å². The summed E-state index contributed by atoms with van der Waals surface area (Å²) < 4.78 is 26.7. The third kappa shape index (κ3) is 5.56. The summed E-state index contributed by atoms with van der Waals surface area (Å²) in [5.41, 5.74) is 2.83. The highest BCUT2D eigenvalue weighted by Gasteiger charge is 2.24. The standard InChI is InChI=1S/C23H29N3O3S/c1-3-14-25-30(28,29)21-12-10-20(11-13-21)23(27)24-17-22(26-15-4-5-16-26)19-8-6-18(2)7-9-19/h3,6-13,22,25H,1,4-5,14-17H2,2H3,(H,24,27). The van der Waals surface area contributed by atoms with E-state index < -0.39 is 10.0 Å². The first kappa shape index (κ1) is 22.2. The van der Waals surface area contributed by atoms with Crippen molar-refractivity contribution in [1.82, 2.24) is 14.9 Å². The summed E-state index contributed by atoms with van der Waals surface area (Å²) in [6, 6.07) is 14.5. The van der Waals surface area contributed by atoms with E-state index in [1.165, 1.54) is 54.3 Å². The highest BCUT2D eigenvalue weighted by molar-refractivity contribution is 7.89. The fourth-order valence-electron chi connectivity index (χ4n) is 3.63. The number of sulfonamides is 1. The minimum atomic E-state index is -3.60. The third-order valence-corrected chi connectivity index (χ3v) is 6.78. The average Bonchev–Trinajstić information content (AvgIpc) is 3.28. The highest BCUT2D eigenvalue weighted by atomic mass is 32.2. The second-order valence-corrected chi connectivity index (χ2v) is 9.31. The molecular weight excluding hydrogens is 398 g/mol. The van der Waals surface area contributed by atoms with Crippen molar-refractivity contribution in [3.63, 3.8) is 0 Å². The molecule has 1 saturated heterocycles. The summed E-state index contributed by atoms with van der Waals surface area (Å²) in [6.07, 6.45) is 3.82. The van der Waals surface area contributed by atoms with Crippen LogP contribution in [0.5, 0.6) is 0 Å². The van der Waals surface area contributed by atoms with Crippen LogP contribution in [0, 0.1) is 6.92 Å². The van der Waals surface area contributed by atoms with E-state index >= 15 is 0 Å². The smallest absolute Gasteiger partial charge is 0.251 e. The quantitative estimate of drug-likeness (QED) is 0.603. The van der Waals surface area contributed by atoms with Crippen LogP contribution in [0.4, 0.5) is 0 Å². The van der Waals surface area contributed by atoms with E-state index in [1.807, 2.05) is 0 Å². The Bertz CT molecular complexity index is 964. The van der Waals surface area contributed by atoms with Crippen LogP contribution in [0.25, 0.3) is 0 Å². The van der Waals surface area contributed by atoms with Crippen LogP contribution in [0.3, 0.4) is 0 Å². The number of nitrogens with zero attached hydrogens (tertiary/aromatic N) is 1. The fourth-order valence-corrected chi connectivity index (χ4v) is 4.63. The van der Waals surface area contributed by atoms with Crippen molar-refractivity contribution in [1.29, 1.82) is 0 Å². The number of carbonyl (C=O) groups is 1. The monoisotopic (exact) mass is 427 g/mol. The highest BCUT2D eigenvalue weighted by Crippen LogP contribution is 2.25. The van der Waals surface area contributed by atoms with E-state index in [0.29, 0.717) is 12.1 Å². The number of carbonyl (C=O) groups excluding carboxylic acids is 1. The van der Waals surface area contributed by atoms with Crippen LogP contribution in [0.1, 0.15) is 40.4 Å². The second kappa shape index (κ2) is 10.0. The molecule has 3 rings (SSSR count). The van der Waals surface area contributed by atoms with Gasteiger partial charge in [-0.1, -0.05) is 35.9 Å². The summed E-state index contributed by atoms with van der Waals surface area (Å²) in [6.45, 7) is 8.27. The Balaban J connectivity index is 1.67. The molecule has 1 unspecified atom stereocenters. The number of amides is 1. The van der Waals surface area contributed by atoms with Crippen molar-refractivity contribution >= 4 is 15.9 Å². The van der Waals surface area contributed by atoms with Gasteiger partial charge in [0, 0.05) is 18.7 Å². The van der Waals surface area contributed by atoms with Crippen molar-refractivity contribution in [3.05, 3.63) is 77.9 Å². The molecular formula is C23H29N3O3S. The van der Waals surface area contributed by atoms with Gasteiger partial charge in [0.05, 0.1) is 10.9 Å². The normalized spacial score (nSPS) is 15.6. The predicted octanol–water partition coefficient (Wildman–Crippen LogP) is 3.03. The maximum atomic E-state index is 12.7. The van der Waals surface area contributed by atoms with E-state index in [4.69, 9.17) is 0 Å². The van der Waals surface area contributed by atoms with Crippen molar-refractivity contribution < 1.29 is 13.2 Å². The Morgan fingerprint density at radius 3 is 2.33 bits per heavy atom. The molecule has 1 fully saturated rings. The predicted molar refractivity (Wildman–Crippen MR) is 119 cm³/mol. The maximum absolute atomic E-state index is 12.7. The van der Waals surface area contributed by atoms with Crippen molar-refractivity contribution in [2.24, 2.45) is 0 Å². The summed E-state index contributed by atoms with van der Waals surface area (Å²) in [5, 5.41) is 3.02. The van der Waals surface area contributed by atoms with Gasteiger partial charge in [0.15, 0.2) is 0 Å². The number of likely N-dealkylation sites (tertiary alicyclic amines) is 1. The molecule has 1 aliphatic rings. The molecule has 2 aromatic carbocycles. The van der Waals surface area contributed by atoms with Crippen LogP contribution in [0.15, 0.2) is 66.1 Å². The average molecular weight is 428 g/mol. The topological polar surface area (TPSA) is 78.5 Å². The van der Waals surface area contributed by atoms with Crippen LogP contribution in [-0.2, 0) is 10.0 Å². The van der Waals surface area contributed by atoms with Crippen molar-refractivity contribution in [3.8, 4) is 0 Å². The number of hydrogen-bond acceptors (Lipinski definition) is 4. The summed E-state index contributed by atoms with van der Waals surface area (Å²) in [7, 11) is -3.60. The molecule has 7 heteroatoms. The number of rotatable bonds is 9. The molecule has 2 aromatic rings. The lowest BCUT2D eigenvalue weighted by molar-refractivity contribution is 0.0938. The summed E-state index contributed by atoms with van der Waals surface area (Å²) >= 11 is 0. The first-order valence-corrected chi connectivity index (χ1v) is 11.7. The van der Waals surface area contributed by atoms with Gasteiger partial charge in [0.1, 0.15) is 0 Å². The number of aryl methyl sites for hydroxylation is 1. The molecule has 1 heterocycles. The lowest BCUT2D eigenvalue weighted by atomic mass is 10.0. The molecule has 2 N–H and O–H groups in total. The van der Waals surface area contributed by atoms with E-state index in [2.05, 4.69) is 52.7 Å². The molecule has 0 radical (unpaired) electrons. The molecule has 0 bridgehead atoms. The molecule has 1 atom stereocenters. The molecule has 6 nitrogen and oxygen atoms in total. The minimum absolute atomic E-state index is 0.121. The lowest BCUT2D eigenvalue weighted by Crippen LogP contribution is -2.36. The van der Waals surface area contributed by atoms with Crippen molar-refractivity contribution in [2.45, 2.75) is 30.7 Å². The van der Waals surface area contributed by atoms with Crippen molar-refractivity contribution in [2.75, 3.05) is 26.2 Å². The summed E-state index contributed by atoms with van der Waals surface area (Å²) in [4.78, 5) is 15.2. The summed E-state index contributed by atoms with van der Waals surface area (Å²) in [5.74, 6) is -0.214. The Labute approximate surface area is 179 Å². The van der Waals surface area contributed by atoms with Crippen LogP contribution in [0.2, 0.25) is 0 Å². The Kier molecular flexibility index (Phi) is 7.42. The van der Waals surface area contributed by atoms with Gasteiger partial charge in [-0.15, -0.1) is 6.58 Å². The zero-order chi connectivity index (χ0) is 21.6. The number of nitrogens with one attached hydrogen (secondary N) is 2. The first-order chi connectivity index (χ1) is 14.4. The van der Waals surface area contributed by atoms with Gasteiger partial charge >= 0.3 is 0 Å². The Morgan fingerprint density at radius 1 is 1.10 bits per heavy atom. The van der Waals surface area contributed by atoms with Gasteiger partial charge in [-0.25, -0.2) is 13.1 Å². The zero-order valence-corrected chi connectivity index (χ0v) is 18.1. The SMILES string of the molecule is C=CCNS(=O)(=O)c1ccc(C(=O)NCC(c2ccc(C)cc2)N2CCCC2)cc1. The van der Waals surface area contributed by atoms with E-state index in [0.717, 1.165) is 13.1 Å². The zero-order valence-electron chi connectivity index (χ0n) is 17.3. The lowest BCUT2D eigenvalue weighted by Gasteiger charge is -2.28. The number of hydrogen-bond donors (Lipinski definition) is 2. The molecule has 30 heavy (non-hydrogen) atoms. The van der Waals surface area contributed by atoms with Crippen LogP contribution in [-0.4, -0.2) is 45.4 Å². The molecule has 0 spiro atoms. The fraction of sp³-hybridized carbons (Fsp3) is 0.348. The van der Waals surface area contributed by atoms with Crippen LogP contribution < -0.4 is 10.0 Å². The third-order valence-electron chi connectivity index (χ3n) is 5.34. The molecule has 1 aliphatic heterocycles. The maximum Gasteiger partial charge on any atom is 0.251 e. The van der Waals surface area contributed by atoms with Crippen LogP contribution >= 0.6 is 0 Å². The molecule has 0 aliphatic carbocycles. The molecule has 0 aromatic heterocycles. The Hall–Kier alpha value is -2.48. The van der Waals surface area contributed by atoms with Gasteiger partial charge in [-0.2, -0.15) is 0 Å². The van der Waals surface area contributed by atoms with Gasteiger partial charge < -0.3 is 5.32 Å². The van der Waals surface area contributed by atoms with E-state index in [-0.39, 0.29) is 23.4 Å². The molecule has 160 valence electrons.